The van der Waals surface area contributed by atoms with E-state index in [-0.39, 0.29) is 17.3 Å². The van der Waals surface area contributed by atoms with Crippen LogP contribution in [0.5, 0.6) is 5.75 Å². The Balaban J connectivity index is 1.90. The minimum absolute atomic E-state index is 0.100. The minimum Gasteiger partial charge on any atom is -0.488 e. The summed E-state index contributed by atoms with van der Waals surface area (Å²) in [5.41, 5.74) is 3.91. The fourth-order valence-electron chi connectivity index (χ4n) is 2.91. The molecule has 2 atom stereocenters. The van der Waals surface area contributed by atoms with Crippen LogP contribution in [-0.4, -0.2) is 6.10 Å². The molecule has 0 saturated heterocycles. The Kier molecular flexibility index (Phi) is 3.43. The predicted octanol–water partition coefficient (Wildman–Crippen LogP) is 4.73. The first-order valence-corrected chi connectivity index (χ1v) is 7.15. The van der Waals surface area contributed by atoms with E-state index in [1.165, 1.54) is 17.7 Å². The Morgan fingerprint density at radius 3 is 2.50 bits per heavy atom. The van der Waals surface area contributed by atoms with Gasteiger partial charge in [-0.25, -0.2) is 4.39 Å². The molecule has 0 N–H and O–H groups in total. The highest BCUT2D eigenvalue weighted by atomic mass is 35.5. The normalized spacial score (nSPS) is 18.5. The first-order valence-electron chi connectivity index (χ1n) is 6.71. The van der Waals surface area contributed by atoms with Crippen molar-refractivity contribution in [2.75, 3.05) is 0 Å². The predicted molar refractivity (Wildman–Crippen MR) is 79.0 cm³/mol. The molecule has 0 spiro atoms. The molecule has 0 bridgehead atoms. The van der Waals surface area contributed by atoms with Crippen LogP contribution in [0, 0.1) is 19.7 Å². The smallest absolute Gasteiger partial charge is 0.123 e. The maximum absolute atomic E-state index is 13.4. The van der Waals surface area contributed by atoms with E-state index < -0.39 is 0 Å². The van der Waals surface area contributed by atoms with Gasteiger partial charge in [0, 0.05) is 6.42 Å². The van der Waals surface area contributed by atoms with Crippen LogP contribution in [0.15, 0.2) is 36.4 Å². The van der Waals surface area contributed by atoms with Crippen LogP contribution in [0.2, 0.25) is 0 Å². The summed E-state index contributed by atoms with van der Waals surface area (Å²) in [7, 11) is 0. The quantitative estimate of drug-likeness (QED) is 0.727. The van der Waals surface area contributed by atoms with Crippen molar-refractivity contribution in [2.24, 2.45) is 0 Å². The molecule has 104 valence electrons. The van der Waals surface area contributed by atoms with E-state index in [0.717, 1.165) is 28.9 Å². The number of alkyl halides is 1. The molecule has 1 heterocycles. The lowest BCUT2D eigenvalue weighted by Crippen LogP contribution is -2.21. The number of hydrogen-bond donors (Lipinski definition) is 0. The van der Waals surface area contributed by atoms with E-state index >= 15 is 0 Å². The second-order valence-electron chi connectivity index (χ2n) is 5.32. The average Bonchev–Trinajstić information content (AvgIpc) is 2.81. The molecule has 0 aromatic heterocycles. The van der Waals surface area contributed by atoms with Gasteiger partial charge in [-0.2, -0.15) is 0 Å². The lowest BCUT2D eigenvalue weighted by molar-refractivity contribution is 0.226. The first-order chi connectivity index (χ1) is 9.56. The molecular weight excluding hydrogens is 275 g/mol. The summed E-state index contributed by atoms with van der Waals surface area (Å²) in [5.74, 6) is 0.684. The van der Waals surface area contributed by atoms with Crippen molar-refractivity contribution < 1.29 is 9.13 Å². The Morgan fingerprint density at radius 1 is 1.20 bits per heavy atom. The second kappa shape index (κ2) is 5.10. The van der Waals surface area contributed by atoms with Gasteiger partial charge in [0.1, 0.15) is 17.7 Å². The maximum atomic E-state index is 13.4. The number of para-hydroxylation sites is 1. The molecule has 0 saturated carbocycles. The van der Waals surface area contributed by atoms with Crippen molar-refractivity contribution >= 4 is 11.6 Å². The number of rotatable bonds is 2. The molecule has 2 aromatic carbocycles. The van der Waals surface area contributed by atoms with Crippen LogP contribution in [0.25, 0.3) is 0 Å². The van der Waals surface area contributed by atoms with Gasteiger partial charge in [-0.05, 0) is 54.3 Å². The second-order valence-corrected chi connectivity index (χ2v) is 5.79. The molecule has 0 radical (unpaired) electrons. The SMILES string of the molecule is Cc1cc(F)cc(C)c1C(Cl)C1Cc2ccccc2O1. The number of ether oxygens (including phenoxy) is 1. The highest BCUT2D eigenvalue weighted by Gasteiger charge is 2.31. The lowest BCUT2D eigenvalue weighted by atomic mass is 9.95. The van der Waals surface area contributed by atoms with Gasteiger partial charge in [0.2, 0.25) is 0 Å². The standard InChI is InChI=1S/C17H16ClFO/c1-10-7-13(19)8-11(2)16(10)17(18)15-9-12-5-3-4-6-14(12)20-15/h3-8,15,17H,9H2,1-2H3. The zero-order valence-corrected chi connectivity index (χ0v) is 12.2. The summed E-state index contributed by atoms with van der Waals surface area (Å²) >= 11 is 6.62. The summed E-state index contributed by atoms with van der Waals surface area (Å²) in [5, 5.41) is -0.275. The van der Waals surface area contributed by atoms with Crippen molar-refractivity contribution in [3.63, 3.8) is 0 Å². The zero-order chi connectivity index (χ0) is 14.3. The van der Waals surface area contributed by atoms with Gasteiger partial charge < -0.3 is 4.74 Å². The van der Waals surface area contributed by atoms with Crippen molar-refractivity contribution in [2.45, 2.75) is 31.7 Å². The summed E-state index contributed by atoms with van der Waals surface area (Å²) in [6.45, 7) is 3.78. The Morgan fingerprint density at radius 2 is 1.85 bits per heavy atom. The Labute approximate surface area is 123 Å². The summed E-state index contributed by atoms with van der Waals surface area (Å²) in [6, 6.07) is 11.0. The molecule has 1 aliphatic rings. The molecule has 0 amide bonds. The number of aryl methyl sites for hydroxylation is 2. The van der Waals surface area contributed by atoms with Crippen molar-refractivity contribution in [3.8, 4) is 5.75 Å². The summed E-state index contributed by atoms with van der Waals surface area (Å²) < 4.78 is 19.3. The number of hydrogen-bond acceptors (Lipinski definition) is 1. The van der Waals surface area contributed by atoms with Gasteiger partial charge in [0.15, 0.2) is 0 Å². The van der Waals surface area contributed by atoms with Crippen molar-refractivity contribution in [3.05, 3.63) is 64.5 Å². The molecule has 3 rings (SSSR count). The fourth-order valence-corrected chi connectivity index (χ4v) is 3.40. The van der Waals surface area contributed by atoms with Gasteiger partial charge in [0.25, 0.3) is 0 Å². The van der Waals surface area contributed by atoms with E-state index in [4.69, 9.17) is 16.3 Å². The molecule has 3 heteroatoms. The maximum Gasteiger partial charge on any atom is 0.123 e. The number of halogens is 2. The van der Waals surface area contributed by atoms with Gasteiger partial charge in [-0.15, -0.1) is 11.6 Å². The molecule has 2 unspecified atom stereocenters. The van der Waals surface area contributed by atoms with E-state index in [1.54, 1.807) is 0 Å². The van der Waals surface area contributed by atoms with Crippen molar-refractivity contribution in [1.29, 1.82) is 0 Å². The third-order valence-electron chi connectivity index (χ3n) is 3.83. The summed E-state index contributed by atoms with van der Waals surface area (Å²) in [4.78, 5) is 0. The van der Waals surface area contributed by atoms with Crippen molar-refractivity contribution in [1.82, 2.24) is 0 Å². The van der Waals surface area contributed by atoms with Crippen LogP contribution in [0.3, 0.4) is 0 Å². The number of fused-ring (bicyclic) bond motifs is 1. The molecule has 1 nitrogen and oxygen atoms in total. The topological polar surface area (TPSA) is 9.23 Å². The molecule has 2 aromatic rings. The zero-order valence-electron chi connectivity index (χ0n) is 11.5. The van der Waals surface area contributed by atoms with E-state index in [1.807, 2.05) is 32.0 Å². The Hall–Kier alpha value is -1.54. The van der Waals surface area contributed by atoms with Gasteiger partial charge in [-0.3, -0.25) is 0 Å². The third kappa shape index (κ3) is 2.29. The highest BCUT2D eigenvalue weighted by molar-refractivity contribution is 6.21. The van der Waals surface area contributed by atoms with Gasteiger partial charge in [-0.1, -0.05) is 18.2 Å². The van der Waals surface area contributed by atoms with E-state index in [0.29, 0.717) is 0 Å². The monoisotopic (exact) mass is 290 g/mol. The summed E-state index contributed by atoms with van der Waals surface area (Å²) in [6.07, 6.45) is 0.692. The Bertz CT molecular complexity index is 605. The lowest BCUT2D eigenvalue weighted by Gasteiger charge is -2.21. The average molecular weight is 291 g/mol. The van der Waals surface area contributed by atoms with Crippen LogP contribution in [0.4, 0.5) is 4.39 Å². The van der Waals surface area contributed by atoms with Crippen LogP contribution < -0.4 is 4.74 Å². The largest absolute Gasteiger partial charge is 0.488 e. The molecular formula is C17H16ClFO. The number of benzene rings is 2. The highest BCUT2D eigenvalue weighted by Crippen LogP contribution is 2.39. The third-order valence-corrected chi connectivity index (χ3v) is 4.33. The van der Waals surface area contributed by atoms with Gasteiger partial charge in [0.05, 0.1) is 5.38 Å². The van der Waals surface area contributed by atoms with Crippen LogP contribution in [0.1, 0.15) is 27.6 Å². The first kappa shape index (κ1) is 13.4. The molecule has 1 aliphatic heterocycles. The molecule has 0 aliphatic carbocycles. The van der Waals surface area contributed by atoms with Gasteiger partial charge >= 0.3 is 0 Å². The van der Waals surface area contributed by atoms with E-state index in [9.17, 15) is 4.39 Å². The molecule has 20 heavy (non-hydrogen) atoms. The minimum atomic E-state index is -0.275. The van der Waals surface area contributed by atoms with Crippen LogP contribution >= 0.6 is 11.6 Å². The van der Waals surface area contributed by atoms with E-state index in [2.05, 4.69) is 6.07 Å². The fraction of sp³-hybridized carbons (Fsp3) is 0.294. The van der Waals surface area contributed by atoms with Crippen LogP contribution in [-0.2, 0) is 6.42 Å². The molecule has 0 fully saturated rings.